The quantitative estimate of drug-likeness (QED) is 0.649. The zero-order valence-corrected chi connectivity index (χ0v) is 8.15. The lowest BCUT2D eigenvalue weighted by Crippen LogP contribution is -2.18. The molecule has 0 aromatic heterocycles. The second-order valence-corrected chi connectivity index (χ2v) is 2.65. The Kier molecular flexibility index (Phi) is 11.3. The fraction of sp³-hybridized carbons (Fsp3) is 1.00. The van der Waals surface area contributed by atoms with E-state index in [4.69, 9.17) is 5.73 Å². The van der Waals surface area contributed by atoms with Crippen LogP contribution in [0.4, 0.5) is 0 Å². The van der Waals surface area contributed by atoms with Gasteiger partial charge in [0.15, 0.2) is 0 Å². The molecule has 1 atom stereocenters. The maximum atomic E-state index is 5.48. The molecule has 10 heavy (non-hydrogen) atoms. The minimum absolute atomic E-state index is 0.731. The maximum Gasteiger partial charge on any atom is -0.00465 e. The van der Waals surface area contributed by atoms with Gasteiger partial charge in [-0.3, -0.25) is 0 Å². The van der Waals surface area contributed by atoms with E-state index >= 15 is 0 Å². The molecule has 0 rings (SSSR count). The van der Waals surface area contributed by atoms with E-state index < -0.39 is 0 Å². The van der Waals surface area contributed by atoms with Crippen LogP contribution < -0.4 is 5.73 Å². The Hall–Kier alpha value is -0.0400. The molecule has 2 N–H and O–H groups in total. The van der Waals surface area contributed by atoms with Gasteiger partial charge in [0.1, 0.15) is 0 Å². The first-order valence-corrected chi connectivity index (χ1v) is 4.42. The Bertz CT molecular complexity index is 46.7. The van der Waals surface area contributed by atoms with Crippen molar-refractivity contribution in [2.75, 3.05) is 6.54 Å². The molecule has 0 amide bonds. The van der Waals surface area contributed by atoms with Crippen molar-refractivity contribution in [1.82, 2.24) is 0 Å². The summed E-state index contributed by atoms with van der Waals surface area (Å²) >= 11 is 0. The van der Waals surface area contributed by atoms with E-state index in [0.717, 1.165) is 18.4 Å². The smallest absolute Gasteiger partial charge is 0.00465 e. The summed E-state index contributed by atoms with van der Waals surface area (Å²) in [6.07, 6.45) is 1.22. The molecule has 0 aliphatic heterocycles. The summed E-state index contributed by atoms with van der Waals surface area (Å²) in [5.41, 5.74) is 5.48. The fourth-order valence-corrected chi connectivity index (χ4v) is 0.910. The highest BCUT2D eigenvalue weighted by molar-refractivity contribution is 4.60. The second-order valence-electron chi connectivity index (χ2n) is 2.65. The van der Waals surface area contributed by atoms with E-state index in [0.29, 0.717) is 0 Å². The summed E-state index contributed by atoms with van der Waals surface area (Å²) in [5, 5.41) is 0. The lowest BCUT2D eigenvalue weighted by atomic mass is 9.94. The van der Waals surface area contributed by atoms with Gasteiger partial charge in [0.05, 0.1) is 0 Å². The van der Waals surface area contributed by atoms with Crippen molar-refractivity contribution in [3.63, 3.8) is 0 Å². The highest BCUT2D eigenvalue weighted by atomic mass is 14.5. The molecule has 0 saturated heterocycles. The van der Waals surface area contributed by atoms with Gasteiger partial charge in [-0.05, 0) is 18.4 Å². The van der Waals surface area contributed by atoms with Crippen molar-refractivity contribution in [2.24, 2.45) is 17.6 Å². The van der Waals surface area contributed by atoms with Crippen LogP contribution in [0.15, 0.2) is 0 Å². The second kappa shape index (κ2) is 8.96. The number of nitrogens with two attached hydrogens (primary N) is 1. The third-order valence-electron chi connectivity index (χ3n) is 1.77. The van der Waals surface area contributed by atoms with Gasteiger partial charge >= 0.3 is 0 Å². The summed E-state index contributed by atoms with van der Waals surface area (Å²) < 4.78 is 0. The molecule has 0 heterocycles. The monoisotopic (exact) mass is 145 g/mol. The zero-order chi connectivity index (χ0) is 8.57. The number of hydrogen-bond donors (Lipinski definition) is 1. The minimum Gasteiger partial charge on any atom is -0.330 e. The van der Waals surface area contributed by atoms with E-state index in [1.807, 2.05) is 13.8 Å². The Labute approximate surface area is 66.0 Å². The lowest BCUT2D eigenvalue weighted by molar-refractivity contribution is 0.383. The van der Waals surface area contributed by atoms with Crippen molar-refractivity contribution in [1.29, 1.82) is 0 Å². The van der Waals surface area contributed by atoms with E-state index in [1.165, 1.54) is 6.42 Å². The van der Waals surface area contributed by atoms with Crippen molar-refractivity contribution >= 4 is 0 Å². The molecule has 64 valence electrons. The van der Waals surface area contributed by atoms with Gasteiger partial charge in [-0.15, -0.1) is 0 Å². The van der Waals surface area contributed by atoms with Crippen molar-refractivity contribution in [2.45, 2.75) is 41.0 Å². The van der Waals surface area contributed by atoms with E-state index in [-0.39, 0.29) is 0 Å². The van der Waals surface area contributed by atoms with Crippen molar-refractivity contribution < 1.29 is 0 Å². The van der Waals surface area contributed by atoms with Crippen LogP contribution in [-0.4, -0.2) is 6.54 Å². The Balaban J connectivity index is 0. The number of hydrogen-bond acceptors (Lipinski definition) is 1. The van der Waals surface area contributed by atoms with E-state index in [1.54, 1.807) is 0 Å². The molecular formula is C9H23N. The molecule has 1 nitrogen and oxygen atoms in total. The van der Waals surface area contributed by atoms with Crippen LogP contribution in [0, 0.1) is 11.8 Å². The average molecular weight is 145 g/mol. The first-order valence-electron chi connectivity index (χ1n) is 4.42. The summed E-state index contributed by atoms with van der Waals surface area (Å²) in [4.78, 5) is 0. The summed E-state index contributed by atoms with van der Waals surface area (Å²) in [7, 11) is 0. The molecule has 0 fully saturated rings. The SMILES string of the molecule is CC.CCC(CN)C(C)C. The topological polar surface area (TPSA) is 26.0 Å². The lowest BCUT2D eigenvalue weighted by Gasteiger charge is -2.15. The summed E-state index contributed by atoms with van der Waals surface area (Å²) in [6.45, 7) is 11.5. The fourth-order valence-electron chi connectivity index (χ4n) is 0.910. The van der Waals surface area contributed by atoms with Crippen LogP contribution in [0.1, 0.15) is 41.0 Å². The Morgan fingerprint density at radius 3 is 1.60 bits per heavy atom. The molecule has 0 aliphatic rings. The standard InChI is InChI=1S/C7H17N.C2H6/c1-4-7(5-8)6(2)3;1-2/h6-7H,4-5,8H2,1-3H3;1-2H3. The van der Waals surface area contributed by atoms with Gasteiger partial charge in [0.25, 0.3) is 0 Å². The van der Waals surface area contributed by atoms with Gasteiger partial charge < -0.3 is 5.73 Å². The van der Waals surface area contributed by atoms with Crippen LogP contribution in [-0.2, 0) is 0 Å². The molecule has 0 saturated carbocycles. The van der Waals surface area contributed by atoms with Crippen molar-refractivity contribution in [3.8, 4) is 0 Å². The van der Waals surface area contributed by atoms with Crippen LogP contribution in [0.25, 0.3) is 0 Å². The van der Waals surface area contributed by atoms with Gasteiger partial charge in [-0.2, -0.15) is 0 Å². The predicted octanol–water partition coefficient (Wildman–Crippen LogP) is 2.65. The van der Waals surface area contributed by atoms with Crippen molar-refractivity contribution in [3.05, 3.63) is 0 Å². The van der Waals surface area contributed by atoms with Gasteiger partial charge in [-0.1, -0.05) is 41.0 Å². The molecule has 0 bridgehead atoms. The van der Waals surface area contributed by atoms with E-state index in [2.05, 4.69) is 20.8 Å². The largest absolute Gasteiger partial charge is 0.330 e. The molecule has 0 aliphatic carbocycles. The summed E-state index contributed by atoms with van der Waals surface area (Å²) in [6, 6.07) is 0. The van der Waals surface area contributed by atoms with Gasteiger partial charge in [0.2, 0.25) is 0 Å². The van der Waals surface area contributed by atoms with Crippen LogP contribution in [0.3, 0.4) is 0 Å². The third kappa shape index (κ3) is 6.09. The van der Waals surface area contributed by atoms with Gasteiger partial charge in [-0.25, -0.2) is 0 Å². The highest BCUT2D eigenvalue weighted by Crippen LogP contribution is 2.11. The Morgan fingerprint density at radius 1 is 1.20 bits per heavy atom. The predicted molar refractivity (Wildman–Crippen MR) is 49.0 cm³/mol. The highest BCUT2D eigenvalue weighted by Gasteiger charge is 2.06. The third-order valence-corrected chi connectivity index (χ3v) is 1.77. The molecule has 0 spiro atoms. The normalized spacial score (nSPS) is 12.3. The van der Waals surface area contributed by atoms with Crippen LogP contribution in [0.2, 0.25) is 0 Å². The average Bonchev–Trinajstić information content (AvgIpc) is 1.94. The van der Waals surface area contributed by atoms with Crippen LogP contribution >= 0.6 is 0 Å². The molecule has 0 aromatic rings. The number of rotatable bonds is 3. The maximum absolute atomic E-state index is 5.48. The Morgan fingerprint density at radius 2 is 1.60 bits per heavy atom. The zero-order valence-electron chi connectivity index (χ0n) is 8.15. The summed E-state index contributed by atoms with van der Waals surface area (Å²) in [5.74, 6) is 1.49. The van der Waals surface area contributed by atoms with E-state index in [9.17, 15) is 0 Å². The van der Waals surface area contributed by atoms with Crippen LogP contribution in [0.5, 0.6) is 0 Å². The molecular weight excluding hydrogens is 122 g/mol. The molecule has 0 aromatic carbocycles. The van der Waals surface area contributed by atoms with Gasteiger partial charge in [0, 0.05) is 0 Å². The molecule has 1 unspecified atom stereocenters. The minimum atomic E-state index is 0.731. The molecule has 0 radical (unpaired) electrons. The first-order chi connectivity index (χ1) is 4.72. The first kappa shape index (κ1) is 12.6. The molecule has 1 heteroatoms.